The molecule has 1 amide bonds. The van der Waals surface area contributed by atoms with Crippen LogP contribution in [0.5, 0.6) is 0 Å². The molecule has 0 spiro atoms. The predicted molar refractivity (Wildman–Crippen MR) is 124 cm³/mol. The van der Waals surface area contributed by atoms with Crippen LogP contribution in [0.25, 0.3) is 0 Å². The fraction of sp³-hybridized carbons (Fsp3) is 0.292. The minimum atomic E-state index is -0.401. The van der Waals surface area contributed by atoms with Crippen LogP contribution < -0.4 is 10.5 Å². The van der Waals surface area contributed by atoms with E-state index in [1.165, 1.54) is 16.8 Å². The first-order valence-electron chi connectivity index (χ1n) is 10.7. The molecule has 9 heteroatoms. The number of anilines is 1. The third kappa shape index (κ3) is 5.90. The standard InChI is InChI=1S/C24H24ClFN4O3/c25-20-7-6-19(21(26)16-20)10-11-30-23(31)9-8-22(27-30)28-12-14-29(15-13-28)24(32)33-17-18-4-2-1-3-5-18/h1-9,16H,10-15,17H2. The molecule has 172 valence electrons. The van der Waals surface area contributed by atoms with Gasteiger partial charge in [0.1, 0.15) is 18.2 Å². The second-order valence-corrected chi connectivity index (χ2v) is 8.19. The van der Waals surface area contributed by atoms with Crippen LogP contribution in [0.15, 0.2) is 65.5 Å². The Morgan fingerprint density at radius 1 is 1.03 bits per heavy atom. The first-order chi connectivity index (χ1) is 16.0. The number of carbonyl (C=O) groups is 1. The van der Waals surface area contributed by atoms with Crippen LogP contribution in [0.2, 0.25) is 5.02 Å². The molecule has 33 heavy (non-hydrogen) atoms. The van der Waals surface area contributed by atoms with E-state index in [9.17, 15) is 14.0 Å². The zero-order chi connectivity index (χ0) is 23.2. The highest BCUT2D eigenvalue weighted by atomic mass is 35.5. The number of aromatic nitrogens is 2. The maximum absolute atomic E-state index is 14.0. The maximum atomic E-state index is 14.0. The Balaban J connectivity index is 1.32. The molecule has 0 aliphatic carbocycles. The molecule has 1 aromatic heterocycles. The topological polar surface area (TPSA) is 67.7 Å². The number of aryl methyl sites for hydroxylation is 2. The fourth-order valence-electron chi connectivity index (χ4n) is 3.65. The monoisotopic (exact) mass is 470 g/mol. The molecule has 0 saturated carbocycles. The highest BCUT2D eigenvalue weighted by Crippen LogP contribution is 2.16. The molecule has 3 aromatic rings. The van der Waals surface area contributed by atoms with Crippen LogP contribution in [-0.4, -0.2) is 47.0 Å². The normalized spacial score (nSPS) is 13.8. The number of carbonyl (C=O) groups excluding carboxylic acids is 1. The van der Waals surface area contributed by atoms with Crippen molar-refractivity contribution in [2.24, 2.45) is 0 Å². The van der Waals surface area contributed by atoms with E-state index in [0.717, 1.165) is 5.56 Å². The van der Waals surface area contributed by atoms with Gasteiger partial charge in [0.15, 0.2) is 0 Å². The highest BCUT2D eigenvalue weighted by Gasteiger charge is 2.23. The van der Waals surface area contributed by atoms with Gasteiger partial charge in [0.25, 0.3) is 5.56 Å². The van der Waals surface area contributed by atoms with E-state index in [4.69, 9.17) is 16.3 Å². The average Bonchev–Trinajstić information content (AvgIpc) is 2.84. The molecule has 1 saturated heterocycles. The summed E-state index contributed by atoms with van der Waals surface area (Å²) >= 11 is 5.80. The van der Waals surface area contributed by atoms with Gasteiger partial charge in [-0.05, 0) is 35.7 Å². The number of piperazine rings is 1. The van der Waals surface area contributed by atoms with Crippen LogP contribution in [0.3, 0.4) is 0 Å². The van der Waals surface area contributed by atoms with Crippen molar-refractivity contribution in [3.05, 3.63) is 93.0 Å². The smallest absolute Gasteiger partial charge is 0.410 e. The molecule has 7 nitrogen and oxygen atoms in total. The molecule has 4 rings (SSSR count). The molecule has 1 aliphatic rings. The van der Waals surface area contributed by atoms with Crippen molar-refractivity contribution < 1.29 is 13.9 Å². The summed E-state index contributed by atoms with van der Waals surface area (Å²) in [6.07, 6.45) is -0.0261. The lowest BCUT2D eigenvalue weighted by atomic mass is 10.1. The minimum Gasteiger partial charge on any atom is -0.445 e. The van der Waals surface area contributed by atoms with E-state index in [-0.39, 0.29) is 24.8 Å². The molecule has 0 atom stereocenters. The highest BCUT2D eigenvalue weighted by molar-refractivity contribution is 6.30. The van der Waals surface area contributed by atoms with Crippen molar-refractivity contribution in [2.45, 2.75) is 19.6 Å². The number of halogens is 2. The lowest BCUT2D eigenvalue weighted by Crippen LogP contribution is -2.49. The third-order valence-electron chi connectivity index (χ3n) is 5.53. The largest absolute Gasteiger partial charge is 0.445 e. The van der Waals surface area contributed by atoms with Crippen LogP contribution in [0.1, 0.15) is 11.1 Å². The molecule has 0 unspecified atom stereocenters. The molecule has 1 aliphatic heterocycles. The van der Waals surface area contributed by atoms with E-state index in [1.54, 1.807) is 23.1 Å². The van der Waals surface area contributed by atoms with E-state index in [1.807, 2.05) is 35.2 Å². The molecular weight excluding hydrogens is 447 g/mol. The summed E-state index contributed by atoms with van der Waals surface area (Å²) in [4.78, 5) is 28.3. The number of benzene rings is 2. The SMILES string of the molecule is O=C(OCc1ccccc1)N1CCN(c2ccc(=O)n(CCc3ccc(Cl)cc3F)n2)CC1. The lowest BCUT2D eigenvalue weighted by Gasteiger charge is -2.34. The van der Waals surface area contributed by atoms with Crippen LogP contribution >= 0.6 is 11.6 Å². The van der Waals surface area contributed by atoms with Gasteiger partial charge in [-0.2, -0.15) is 5.10 Å². The van der Waals surface area contributed by atoms with Gasteiger partial charge < -0.3 is 14.5 Å². The first kappa shape index (κ1) is 22.8. The first-order valence-corrected chi connectivity index (χ1v) is 11.1. The van der Waals surface area contributed by atoms with Crippen LogP contribution in [0, 0.1) is 5.82 Å². The summed E-state index contributed by atoms with van der Waals surface area (Å²) in [6, 6.07) is 17.2. The van der Waals surface area contributed by atoms with Gasteiger partial charge in [-0.25, -0.2) is 13.9 Å². The van der Waals surface area contributed by atoms with Crippen molar-refractivity contribution in [1.82, 2.24) is 14.7 Å². The second kappa shape index (κ2) is 10.5. The van der Waals surface area contributed by atoms with Gasteiger partial charge in [-0.15, -0.1) is 0 Å². The van der Waals surface area contributed by atoms with Gasteiger partial charge in [0, 0.05) is 43.8 Å². The summed E-state index contributed by atoms with van der Waals surface area (Å²) in [5.41, 5.74) is 1.16. The number of ether oxygens (including phenoxy) is 1. The molecular formula is C24H24ClFN4O3. The van der Waals surface area contributed by atoms with Gasteiger partial charge in [-0.3, -0.25) is 4.79 Å². The third-order valence-corrected chi connectivity index (χ3v) is 5.76. The molecule has 0 radical (unpaired) electrons. The maximum Gasteiger partial charge on any atom is 0.410 e. The van der Waals surface area contributed by atoms with E-state index in [0.29, 0.717) is 49.0 Å². The number of amides is 1. The number of nitrogens with zero attached hydrogens (tertiary/aromatic N) is 4. The Bertz CT molecular complexity index is 1160. The number of hydrogen-bond donors (Lipinski definition) is 0. The summed E-state index contributed by atoms with van der Waals surface area (Å²) < 4.78 is 20.8. The van der Waals surface area contributed by atoms with E-state index >= 15 is 0 Å². The lowest BCUT2D eigenvalue weighted by molar-refractivity contribution is 0.0941. The van der Waals surface area contributed by atoms with Crippen molar-refractivity contribution >= 4 is 23.5 Å². The Labute approximate surface area is 196 Å². The van der Waals surface area contributed by atoms with Crippen LogP contribution in [-0.2, 0) is 24.3 Å². The van der Waals surface area contributed by atoms with Crippen molar-refractivity contribution in [3.8, 4) is 0 Å². The summed E-state index contributed by atoms with van der Waals surface area (Å²) in [5, 5.41) is 4.78. The zero-order valence-corrected chi connectivity index (χ0v) is 18.7. The minimum absolute atomic E-state index is 0.237. The summed E-state index contributed by atoms with van der Waals surface area (Å²) in [7, 11) is 0. The van der Waals surface area contributed by atoms with Crippen molar-refractivity contribution in [2.75, 3.05) is 31.1 Å². The second-order valence-electron chi connectivity index (χ2n) is 7.75. The quantitative estimate of drug-likeness (QED) is 0.549. The molecule has 2 heterocycles. The number of hydrogen-bond acceptors (Lipinski definition) is 5. The van der Waals surface area contributed by atoms with Gasteiger partial charge in [-0.1, -0.05) is 48.0 Å². The van der Waals surface area contributed by atoms with Gasteiger partial charge in [0.05, 0.1) is 0 Å². The zero-order valence-electron chi connectivity index (χ0n) is 18.0. The molecule has 2 aromatic carbocycles. The van der Waals surface area contributed by atoms with E-state index in [2.05, 4.69) is 5.10 Å². The fourth-order valence-corrected chi connectivity index (χ4v) is 3.81. The molecule has 0 N–H and O–H groups in total. The average molecular weight is 471 g/mol. The summed E-state index contributed by atoms with van der Waals surface area (Å²) in [6.45, 7) is 2.60. The Morgan fingerprint density at radius 3 is 2.52 bits per heavy atom. The van der Waals surface area contributed by atoms with Gasteiger partial charge >= 0.3 is 6.09 Å². The van der Waals surface area contributed by atoms with Gasteiger partial charge in [0.2, 0.25) is 0 Å². The Kier molecular flexibility index (Phi) is 7.24. The van der Waals surface area contributed by atoms with Crippen molar-refractivity contribution in [3.63, 3.8) is 0 Å². The van der Waals surface area contributed by atoms with Crippen molar-refractivity contribution in [1.29, 1.82) is 0 Å². The Hall–Kier alpha value is -3.39. The molecule has 1 fully saturated rings. The van der Waals surface area contributed by atoms with E-state index < -0.39 is 5.82 Å². The van der Waals surface area contributed by atoms with Crippen LogP contribution in [0.4, 0.5) is 15.0 Å². The summed E-state index contributed by atoms with van der Waals surface area (Å²) in [5.74, 6) is 0.241. The number of rotatable bonds is 6. The predicted octanol–water partition coefficient (Wildman–Crippen LogP) is 3.74. The molecule has 0 bridgehead atoms. The Morgan fingerprint density at radius 2 is 1.79 bits per heavy atom.